The standard InChI is InChI=1S/C48H74N12O12S2/c1-4-27(2)40-46(70)56-31(16-17-36(50)61)42(66)57-33(23-37(51)62)43(67)58-34(47(71)60-21-9-11-35(60)45(69)55-30(10-8-20-49)41(65)53-25-38(52)63)26-73-74-48(18-6-5-7-19-48)24-39(64)54-32(44(68)59-40)22-28-12-14-29(72-3)15-13-28/h12-15,27,30-35,40H,4-11,16-26,49H2,1-3H3,(H2,50,61)(H2,51,62)(H2,52,63)(H,53,65)(H,54,64)(H,55,69)(H,56,70)(H,57,66)(H,58,67)(H,59,68)/t27-,30-,31-,32-,33-,34-,35-,40?/m0/s1. The smallest absolute Gasteiger partial charge is 0.246 e. The average Bonchev–Trinajstić information content (AvgIpc) is 3.86. The van der Waals surface area contributed by atoms with Crippen molar-refractivity contribution in [2.75, 3.05) is 32.5 Å². The number of ether oxygens (including phenoxy) is 1. The van der Waals surface area contributed by atoms with E-state index in [1.807, 2.05) is 0 Å². The number of rotatable bonds is 19. The first-order valence-corrected chi connectivity index (χ1v) is 27.4. The van der Waals surface area contributed by atoms with Crippen LogP contribution < -0.4 is 64.9 Å². The molecule has 2 saturated heterocycles. The second-order valence-electron chi connectivity index (χ2n) is 19.1. The summed E-state index contributed by atoms with van der Waals surface area (Å²) in [6.07, 6.45) is 3.39. The van der Waals surface area contributed by atoms with Crippen molar-refractivity contribution in [3.63, 3.8) is 0 Å². The zero-order valence-corrected chi connectivity index (χ0v) is 44.0. The van der Waals surface area contributed by atoms with E-state index >= 15 is 0 Å². The highest BCUT2D eigenvalue weighted by atomic mass is 33.1. The highest BCUT2D eigenvalue weighted by Crippen LogP contribution is 2.48. The van der Waals surface area contributed by atoms with Gasteiger partial charge in [-0.25, -0.2) is 0 Å². The number of nitrogens with one attached hydrogen (secondary N) is 7. The summed E-state index contributed by atoms with van der Waals surface area (Å²) < 4.78 is 4.60. The quantitative estimate of drug-likeness (QED) is 0.0678. The van der Waals surface area contributed by atoms with Crippen molar-refractivity contribution in [3.8, 4) is 5.75 Å². The first kappa shape index (κ1) is 60.4. The molecule has 26 heteroatoms. The molecule has 74 heavy (non-hydrogen) atoms. The van der Waals surface area contributed by atoms with Gasteiger partial charge in [0.15, 0.2) is 0 Å². The van der Waals surface area contributed by atoms with Gasteiger partial charge in [-0.1, -0.05) is 73.3 Å². The van der Waals surface area contributed by atoms with E-state index in [-0.39, 0.29) is 50.9 Å². The first-order chi connectivity index (χ1) is 35.2. The van der Waals surface area contributed by atoms with Crippen LogP contribution >= 0.6 is 21.6 Å². The number of amides is 11. The average molecular weight is 1080 g/mol. The number of hydrogen-bond acceptors (Lipinski definition) is 15. The number of likely N-dealkylation sites (tertiary alicyclic amines) is 1. The van der Waals surface area contributed by atoms with E-state index in [0.717, 1.165) is 19.3 Å². The van der Waals surface area contributed by atoms with Crippen LogP contribution in [0.25, 0.3) is 0 Å². The lowest BCUT2D eigenvalue weighted by Gasteiger charge is -2.37. The predicted octanol–water partition coefficient (Wildman–Crippen LogP) is -1.85. The maximum absolute atomic E-state index is 14.8. The molecule has 1 aliphatic carbocycles. The van der Waals surface area contributed by atoms with Gasteiger partial charge in [0.1, 0.15) is 48.0 Å². The number of hydrogen-bond donors (Lipinski definition) is 11. The van der Waals surface area contributed by atoms with E-state index in [1.165, 1.54) is 33.6 Å². The largest absolute Gasteiger partial charge is 0.497 e. The van der Waals surface area contributed by atoms with Crippen LogP contribution in [0.3, 0.4) is 0 Å². The summed E-state index contributed by atoms with van der Waals surface area (Å²) in [5.74, 6) is -8.88. The van der Waals surface area contributed by atoms with E-state index in [2.05, 4.69) is 37.2 Å². The summed E-state index contributed by atoms with van der Waals surface area (Å²) in [4.78, 5) is 151. The van der Waals surface area contributed by atoms with Crippen LogP contribution in [0.1, 0.15) is 109 Å². The zero-order chi connectivity index (χ0) is 54.5. The van der Waals surface area contributed by atoms with Gasteiger partial charge >= 0.3 is 0 Å². The molecular weight excluding hydrogens is 1000 g/mol. The van der Waals surface area contributed by atoms with E-state index in [0.29, 0.717) is 43.4 Å². The lowest BCUT2D eigenvalue weighted by molar-refractivity contribution is -0.142. The van der Waals surface area contributed by atoms with Gasteiger partial charge in [-0.2, -0.15) is 0 Å². The molecule has 1 unspecified atom stereocenters. The van der Waals surface area contributed by atoms with E-state index < -0.39 is 137 Å². The van der Waals surface area contributed by atoms with Crippen LogP contribution in [0.2, 0.25) is 0 Å². The number of benzene rings is 1. The second-order valence-corrected chi connectivity index (χ2v) is 21.9. The molecule has 8 atom stereocenters. The monoisotopic (exact) mass is 1070 g/mol. The van der Waals surface area contributed by atoms with Gasteiger partial charge in [-0.3, -0.25) is 52.7 Å². The zero-order valence-electron chi connectivity index (χ0n) is 42.3. The third-order valence-electron chi connectivity index (χ3n) is 13.3. The van der Waals surface area contributed by atoms with Crippen LogP contribution in [0.5, 0.6) is 5.75 Å². The Hall–Kier alpha value is -6.15. The molecule has 0 radical (unpaired) electrons. The molecule has 2 heterocycles. The van der Waals surface area contributed by atoms with Crippen molar-refractivity contribution in [2.24, 2.45) is 28.9 Å². The summed E-state index contributed by atoms with van der Waals surface area (Å²) in [6.45, 7) is 3.27. The Bertz CT molecular complexity index is 2180. The van der Waals surface area contributed by atoms with Gasteiger partial charge < -0.3 is 69.8 Å². The van der Waals surface area contributed by atoms with E-state index in [4.69, 9.17) is 27.7 Å². The number of carbonyl (C=O) groups is 11. The Morgan fingerprint density at radius 3 is 2.11 bits per heavy atom. The summed E-state index contributed by atoms with van der Waals surface area (Å²) >= 11 is 0. The fourth-order valence-electron chi connectivity index (χ4n) is 9.02. The molecule has 11 amide bonds. The summed E-state index contributed by atoms with van der Waals surface area (Å²) in [5, 5.41) is 18.5. The minimum Gasteiger partial charge on any atom is -0.497 e. The highest BCUT2D eigenvalue weighted by Gasteiger charge is 2.42. The summed E-state index contributed by atoms with van der Waals surface area (Å²) in [5.41, 5.74) is 22.6. The number of methoxy groups -OCH3 is 1. The molecule has 24 nitrogen and oxygen atoms in total. The molecule has 1 saturated carbocycles. The van der Waals surface area contributed by atoms with Gasteiger partial charge in [0.2, 0.25) is 65.0 Å². The minimum atomic E-state index is -1.73. The van der Waals surface area contributed by atoms with Crippen LogP contribution in [0, 0.1) is 5.92 Å². The summed E-state index contributed by atoms with van der Waals surface area (Å²) in [6, 6.07) is -2.52. The van der Waals surface area contributed by atoms with Crippen LogP contribution in [-0.2, 0) is 59.2 Å². The van der Waals surface area contributed by atoms with Crippen molar-refractivity contribution in [1.29, 1.82) is 0 Å². The molecule has 410 valence electrons. The number of nitrogens with zero attached hydrogens (tertiary/aromatic N) is 1. The van der Waals surface area contributed by atoms with Gasteiger partial charge in [0.25, 0.3) is 0 Å². The predicted molar refractivity (Wildman–Crippen MR) is 276 cm³/mol. The highest BCUT2D eigenvalue weighted by molar-refractivity contribution is 8.77. The Morgan fingerprint density at radius 2 is 1.49 bits per heavy atom. The Labute approximate surface area is 438 Å². The molecule has 2 aliphatic heterocycles. The number of carbonyl (C=O) groups excluding carboxylic acids is 11. The Kier molecular flexibility index (Phi) is 24.2. The van der Waals surface area contributed by atoms with Crippen molar-refractivity contribution < 1.29 is 57.5 Å². The maximum atomic E-state index is 14.8. The third-order valence-corrected chi connectivity index (χ3v) is 16.6. The van der Waals surface area contributed by atoms with Crippen molar-refractivity contribution in [2.45, 2.75) is 157 Å². The molecule has 3 aliphatic rings. The fourth-order valence-corrected chi connectivity index (χ4v) is 12.4. The molecule has 1 aromatic rings. The van der Waals surface area contributed by atoms with Gasteiger partial charge in [-0.15, -0.1) is 0 Å². The molecule has 3 fully saturated rings. The lowest BCUT2D eigenvalue weighted by atomic mass is 9.85. The molecule has 15 N–H and O–H groups in total. The van der Waals surface area contributed by atoms with E-state index in [9.17, 15) is 52.7 Å². The second kappa shape index (κ2) is 29.7. The van der Waals surface area contributed by atoms with Crippen LogP contribution in [0.4, 0.5) is 0 Å². The molecule has 1 spiro atoms. The Balaban J connectivity index is 1.77. The first-order valence-electron chi connectivity index (χ1n) is 25.1. The minimum absolute atomic E-state index is 0.0199. The third kappa shape index (κ3) is 18.7. The molecule has 0 aromatic heterocycles. The van der Waals surface area contributed by atoms with Crippen molar-refractivity contribution in [3.05, 3.63) is 29.8 Å². The van der Waals surface area contributed by atoms with Crippen molar-refractivity contribution >= 4 is 86.6 Å². The number of primary amides is 3. The molecule has 4 rings (SSSR count). The van der Waals surface area contributed by atoms with Gasteiger partial charge in [0, 0.05) is 36.3 Å². The maximum Gasteiger partial charge on any atom is 0.246 e. The lowest BCUT2D eigenvalue weighted by Crippen LogP contribution is -2.61. The molecular formula is C48H74N12O12S2. The van der Waals surface area contributed by atoms with Crippen LogP contribution in [-0.4, -0.2) is 149 Å². The fraction of sp³-hybridized carbons (Fsp3) is 0.646. The normalized spacial score (nSPS) is 24.1. The number of nitrogens with two attached hydrogens (primary N) is 4. The Morgan fingerprint density at radius 1 is 0.824 bits per heavy atom. The summed E-state index contributed by atoms with van der Waals surface area (Å²) in [7, 11) is 4.06. The van der Waals surface area contributed by atoms with Gasteiger partial charge in [-0.05, 0) is 75.1 Å². The van der Waals surface area contributed by atoms with Crippen molar-refractivity contribution in [1.82, 2.24) is 42.1 Å². The SMILES string of the molecule is CC[C@H](C)C1NC(=O)[C@H](Cc2ccc(OC)cc2)NC(=O)CC2(CCCCC2)SSC[C@@H](C(=O)N2CCC[C@H]2C(=O)N[C@@H](CCCN)C(=O)NCC(N)=O)NC(=O)[C@H](CC(N)=O)NC(=O)[C@H](CCC(N)=O)NC1=O. The van der Waals surface area contributed by atoms with Crippen LogP contribution in [0.15, 0.2) is 24.3 Å². The molecule has 1 aromatic carbocycles. The topological polar surface area (TPSA) is 389 Å². The molecule has 0 bridgehead atoms. The van der Waals surface area contributed by atoms with E-state index in [1.54, 1.807) is 38.1 Å². The van der Waals surface area contributed by atoms with Gasteiger partial charge in [0.05, 0.1) is 20.1 Å².